The molecule has 182 valence electrons. The Kier molecular flexibility index (Phi) is 7.46. The summed E-state index contributed by atoms with van der Waals surface area (Å²) in [6, 6.07) is 10.7. The van der Waals surface area contributed by atoms with Crippen molar-refractivity contribution in [2.45, 2.75) is 89.9 Å². The number of carbonyl (C=O) groups is 1. The van der Waals surface area contributed by atoms with Crippen LogP contribution in [0, 0.1) is 0 Å². The van der Waals surface area contributed by atoms with Crippen LogP contribution in [0.15, 0.2) is 36.5 Å². The van der Waals surface area contributed by atoms with Gasteiger partial charge >= 0.3 is 0 Å². The van der Waals surface area contributed by atoms with Crippen molar-refractivity contribution in [2.75, 3.05) is 0 Å². The molecule has 0 saturated heterocycles. The van der Waals surface area contributed by atoms with Crippen molar-refractivity contribution >= 4 is 5.78 Å². The Morgan fingerprint density at radius 2 is 1.91 bits per heavy atom. The summed E-state index contributed by atoms with van der Waals surface area (Å²) < 4.78 is 7.89. The van der Waals surface area contributed by atoms with E-state index in [1.165, 1.54) is 12.5 Å². The largest absolute Gasteiger partial charge is 0.472 e. The molecule has 8 heteroatoms. The number of carbonyl (C=O) groups excluding carboxylic acids is 1. The molecule has 2 aromatic heterocycles. The van der Waals surface area contributed by atoms with Gasteiger partial charge in [-0.15, -0.1) is 0 Å². The third-order valence-corrected chi connectivity index (χ3v) is 7.03. The Morgan fingerprint density at radius 3 is 2.56 bits per heavy atom. The van der Waals surface area contributed by atoms with Gasteiger partial charge in [-0.05, 0) is 61.6 Å². The molecule has 1 atom stereocenters. The van der Waals surface area contributed by atoms with Gasteiger partial charge in [0.25, 0.3) is 5.88 Å². The van der Waals surface area contributed by atoms with Gasteiger partial charge in [-0.25, -0.2) is 0 Å². The first-order chi connectivity index (χ1) is 16.4. The summed E-state index contributed by atoms with van der Waals surface area (Å²) in [5.74, 6) is 0.670. The highest BCUT2D eigenvalue weighted by molar-refractivity contribution is 5.94. The quantitative estimate of drug-likeness (QED) is 0.412. The predicted molar refractivity (Wildman–Crippen MR) is 130 cm³/mol. The summed E-state index contributed by atoms with van der Waals surface area (Å²) in [6.07, 6.45) is 8.14. The van der Waals surface area contributed by atoms with Crippen LogP contribution in [0.2, 0.25) is 0 Å². The van der Waals surface area contributed by atoms with Gasteiger partial charge in [0.2, 0.25) is 0 Å². The van der Waals surface area contributed by atoms with Crippen LogP contribution in [0.3, 0.4) is 0 Å². The molecule has 0 bridgehead atoms. The van der Waals surface area contributed by atoms with Crippen LogP contribution in [-0.2, 0) is 6.54 Å². The molecule has 8 nitrogen and oxygen atoms in total. The summed E-state index contributed by atoms with van der Waals surface area (Å²) in [4.78, 5) is 11.6. The number of ether oxygens (including phenoxy) is 1. The summed E-state index contributed by atoms with van der Waals surface area (Å²) in [7, 11) is 0. The normalized spacial score (nSPS) is 20.1. The van der Waals surface area contributed by atoms with E-state index in [9.17, 15) is 9.90 Å². The van der Waals surface area contributed by atoms with Crippen molar-refractivity contribution in [3.8, 4) is 17.1 Å². The molecule has 1 aliphatic rings. The van der Waals surface area contributed by atoms with Crippen LogP contribution in [0.4, 0.5) is 0 Å². The molecule has 0 spiro atoms. The fourth-order valence-electron chi connectivity index (χ4n) is 4.94. The molecule has 1 aliphatic carbocycles. The van der Waals surface area contributed by atoms with Crippen LogP contribution in [0.1, 0.15) is 87.7 Å². The first kappa shape index (κ1) is 24.1. The molecule has 0 aliphatic heterocycles. The van der Waals surface area contributed by atoms with Gasteiger partial charge in [0, 0.05) is 13.1 Å². The second kappa shape index (κ2) is 10.5. The van der Waals surface area contributed by atoms with Crippen molar-refractivity contribution in [2.24, 2.45) is 0 Å². The Labute approximate surface area is 200 Å². The van der Waals surface area contributed by atoms with E-state index in [1.807, 2.05) is 17.7 Å². The first-order valence-corrected chi connectivity index (χ1v) is 12.4. The third-order valence-electron chi connectivity index (χ3n) is 7.03. The maximum absolute atomic E-state index is 11.6. The van der Waals surface area contributed by atoms with E-state index in [4.69, 9.17) is 4.74 Å². The molecule has 1 saturated carbocycles. The Morgan fingerprint density at radius 1 is 1.18 bits per heavy atom. The van der Waals surface area contributed by atoms with Gasteiger partial charge < -0.3 is 9.84 Å². The monoisotopic (exact) mass is 465 g/mol. The molecule has 2 heterocycles. The lowest BCUT2D eigenvalue weighted by molar-refractivity contribution is 0.00713. The van der Waals surface area contributed by atoms with Gasteiger partial charge in [-0.3, -0.25) is 14.6 Å². The molecular weight excluding hydrogens is 430 g/mol. The second-order valence-corrected chi connectivity index (χ2v) is 9.46. The second-order valence-electron chi connectivity index (χ2n) is 9.46. The van der Waals surface area contributed by atoms with E-state index >= 15 is 0 Å². The van der Waals surface area contributed by atoms with Gasteiger partial charge in [-0.2, -0.15) is 5.10 Å². The van der Waals surface area contributed by atoms with Gasteiger partial charge in [0.05, 0.1) is 17.8 Å². The highest BCUT2D eigenvalue weighted by Crippen LogP contribution is 2.35. The van der Waals surface area contributed by atoms with Crippen molar-refractivity contribution in [3.63, 3.8) is 0 Å². The summed E-state index contributed by atoms with van der Waals surface area (Å²) in [5.41, 5.74) is 3.07. The lowest BCUT2D eigenvalue weighted by Crippen LogP contribution is -2.34. The zero-order chi connectivity index (χ0) is 24.1. The predicted octanol–water partition coefficient (Wildman–Crippen LogP) is 4.92. The number of nitrogens with one attached hydrogen (secondary N) is 1. The van der Waals surface area contributed by atoms with E-state index < -0.39 is 5.60 Å². The fraction of sp³-hybridized carbons (Fsp3) is 0.538. The lowest BCUT2D eigenvalue weighted by atomic mass is 9.82. The number of hydrogen-bond acceptors (Lipinski definition) is 6. The Bertz CT molecular complexity index is 1080. The fourth-order valence-corrected chi connectivity index (χ4v) is 4.94. The number of benzene rings is 1. The van der Waals surface area contributed by atoms with E-state index in [1.54, 1.807) is 6.20 Å². The average Bonchev–Trinajstić information content (AvgIpc) is 3.49. The number of hydrogen-bond donors (Lipinski definition) is 2. The van der Waals surface area contributed by atoms with Crippen molar-refractivity contribution in [3.05, 3.63) is 47.8 Å². The van der Waals surface area contributed by atoms with Crippen LogP contribution in [0.25, 0.3) is 11.3 Å². The van der Waals surface area contributed by atoms with Crippen molar-refractivity contribution in [1.29, 1.82) is 0 Å². The average molecular weight is 466 g/mol. The number of aliphatic hydroxyl groups is 1. The maximum atomic E-state index is 11.6. The Hall–Kier alpha value is -3.00. The van der Waals surface area contributed by atoms with Gasteiger partial charge in [0.15, 0.2) is 11.5 Å². The minimum absolute atomic E-state index is 0.0495. The van der Waals surface area contributed by atoms with Crippen LogP contribution in [-0.4, -0.2) is 47.8 Å². The minimum Gasteiger partial charge on any atom is -0.472 e. The molecule has 1 unspecified atom stereocenters. The molecular formula is C26H35N5O3. The van der Waals surface area contributed by atoms with Crippen molar-refractivity contribution < 1.29 is 14.6 Å². The number of aromatic amines is 1. The van der Waals surface area contributed by atoms with E-state index in [0.717, 1.165) is 49.8 Å². The number of aromatic nitrogens is 5. The van der Waals surface area contributed by atoms with Crippen LogP contribution >= 0.6 is 0 Å². The van der Waals surface area contributed by atoms with Crippen LogP contribution < -0.4 is 4.74 Å². The molecule has 1 aromatic carbocycles. The zero-order valence-corrected chi connectivity index (χ0v) is 20.3. The molecule has 2 N–H and O–H groups in total. The third kappa shape index (κ3) is 5.38. The summed E-state index contributed by atoms with van der Waals surface area (Å²) in [6.45, 7) is 6.11. The number of Topliss-reactive ketones (excluding diaryl/α,β-unsaturated/α-hetero) is 1. The maximum Gasteiger partial charge on any atom is 0.264 e. The summed E-state index contributed by atoms with van der Waals surface area (Å²) >= 11 is 0. The Balaban J connectivity index is 1.38. The van der Waals surface area contributed by atoms with E-state index in [0.29, 0.717) is 30.5 Å². The standard InChI is InChI=1S/C26H35N5O3/c1-4-15-26(33,5-2)17-31-23(14-16-27-31)21-8-6-19(7-9-21)20-10-12-22(13-11-20)34-25-24(18(3)32)28-30-29-25/h6-9,14,16,20,22,33H,4-5,10-13,15,17H2,1-3H3,(H,28,29,30). The molecule has 34 heavy (non-hydrogen) atoms. The molecule has 0 radical (unpaired) electrons. The number of H-pyrrole nitrogens is 1. The van der Waals surface area contributed by atoms with Gasteiger partial charge in [-0.1, -0.05) is 54.8 Å². The number of nitrogens with zero attached hydrogens (tertiary/aromatic N) is 4. The zero-order valence-electron chi connectivity index (χ0n) is 20.3. The first-order valence-electron chi connectivity index (χ1n) is 12.4. The minimum atomic E-state index is -0.729. The van der Waals surface area contributed by atoms with E-state index in [2.05, 4.69) is 51.7 Å². The molecule has 3 aromatic rings. The van der Waals surface area contributed by atoms with Gasteiger partial charge in [0.1, 0.15) is 6.10 Å². The lowest BCUT2D eigenvalue weighted by Gasteiger charge is -2.29. The number of ketones is 1. The topological polar surface area (TPSA) is 106 Å². The molecule has 1 fully saturated rings. The SMILES string of the molecule is CCCC(O)(CC)Cn1nccc1-c1ccc(C2CCC(Oc3nn[nH]c3C(C)=O)CC2)cc1. The molecule has 0 amide bonds. The summed E-state index contributed by atoms with van der Waals surface area (Å²) in [5, 5.41) is 25.6. The van der Waals surface area contributed by atoms with Crippen molar-refractivity contribution in [1.82, 2.24) is 25.2 Å². The van der Waals surface area contributed by atoms with Crippen LogP contribution in [0.5, 0.6) is 5.88 Å². The molecule has 4 rings (SSSR count). The smallest absolute Gasteiger partial charge is 0.264 e. The highest BCUT2D eigenvalue weighted by atomic mass is 16.5. The van der Waals surface area contributed by atoms with E-state index in [-0.39, 0.29) is 11.9 Å². The highest BCUT2D eigenvalue weighted by Gasteiger charge is 2.27. The number of rotatable bonds is 10.